The molecular weight excluding hydrogens is 356 g/mol. The molecule has 0 aromatic heterocycles. The van der Waals surface area contributed by atoms with Crippen molar-refractivity contribution in [3.05, 3.63) is 29.3 Å². The highest BCUT2D eigenvalue weighted by Crippen LogP contribution is 2.32. The third kappa shape index (κ3) is 3.46. The van der Waals surface area contributed by atoms with Gasteiger partial charge in [-0.2, -0.15) is 0 Å². The van der Waals surface area contributed by atoms with E-state index in [1.54, 1.807) is 13.8 Å². The molecule has 0 radical (unpaired) electrons. The van der Waals surface area contributed by atoms with Gasteiger partial charge in [0.15, 0.2) is 0 Å². The van der Waals surface area contributed by atoms with Crippen LogP contribution in [0.2, 0.25) is 0 Å². The Kier molecular flexibility index (Phi) is 5.31. The molecule has 1 fully saturated rings. The summed E-state index contributed by atoms with van der Waals surface area (Å²) in [5.41, 5.74) is 0.363. The molecule has 0 atom stereocenters. The second-order valence-corrected chi connectivity index (χ2v) is 8.54. The van der Waals surface area contributed by atoms with Crippen LogP contribution in [-0.2, 0) is 10.0 Å². The Labute approximate surface area is 153 Å². The van der Waals surface area contributed by atoms with Gasteiger partial charge in [-0.3, -0.25) is 14.5 Å². The van der Waals surface area contributed by atoms with Gasteiger partial charge >= 0.3 is 0 Å². The van der Waals surface area contributed by atoms with Crippen LogP contribution in [-0.4, -0.2) is 74.7 Å². The van der Waals surface area contributed by atoms with Gasteiger partial charge < -0.3 is 10.6 Å². The molecule has 0 bridgehead atoms. The minimum absolute atomic E-state index is 0.0917. The first-order chi connectivity index (χ1) is 12.3. The van der Waals surface area contributed by atoms with E-state index in [9.17, 15) is 18.0 Å². The number of rotatable bonds is 5. The van der Waals surface area contributed by atoms with Crippen molar-refractivity contribution in [2.75, 3.05) is 39.3 Å². The van der Waals surface area contributed by atoms with E-state index in [1.165, 1.54) is 18.2 Å². The Bertz CT molecular complexity index is 816. The number of nitrogens with one attached hydrogen (secondary N) is 2. The number of sulfonamides is 1. The summed E-state index contributed by atoms with van der Waals surface area (Å²) in [5, 5.41) is 6.08. The summed E-state index contributed by atoms with van der Waals surface area (Å²) in [6, 6.07) is 3.74. The van der Waals surface area contributed by atoms with Crippen LogP contribution in [0.25, 0.3) is 0 Å². The third-order valence-corrected chi connectivity index (χ3v) is 6.60. The SMILES string of the molecule is CC(C)N1C(=O)c2ccc(C(=O)NCCN3CCNCC3)cc2S1(=O)=O. The van der Waals surface area contributed by atoms with E-state index >= 15 is 0 Å². The van der Waals surface area contributed by atoms with E-state index in [-0.39, 0.29) is 21.9 Å². The molecule has 0 spiro atoms. The number of nitrogens with zero attached hydrogens (tertiary/aromatic N) is 2. The minimum atomic E-state index is -3.90. The van der Waals surface area contributed by atoms with Gasteiger partial charge in [0.2, 0.25) is 0 Å². The largest absolute Gasteiger partial charge is 0.351 e. The Morgan fingerprint density at radius 2 is 1.96 bits per heavy atom. The number of hydrogen-bond acceptors (Lipinski definition) is 6. The summed E-state index contributed by atoms with van der Waals surface area (Å²) < 4.78 is 26.0. The number of carbonyl (C=O) groups excluding carboxylic acids is 2. The van der Waals surface area contributed by atoms with Gasteiger partial charge in [-0.25, -0.2) is 12.7 Å². The summed E-state index contributed by atoms with van der Waals surface area (Å²) in [6.45, 7) is 8.29. The van der Waals surface area contributed by atoms with Crippen LogP contribution in [0, 0.1) is 0 Å². The third-order valence-electron chi connectivity index (χ3n) is 4.60. The fraction of sp³-hybridized carbons (Fsp3) is 0.529. The molecule has 1 saturated heterocycles. The average molecular weight is 380 g/mol. The fourth-order valence-corrected chi connectivity index (χ4v) is 5.06. The topological polar surface area (TPSA) is 98.8 Å². The van der Waals surface area contributed by atoms with Crippen LogP contribution in [0.4, 0.5) is 0 Å². The second kappa shape index (κ2) is 7.34. The maximum absolute atomic E-state index is 12.6. The van der Waals surface area contributed by atoms with E-state index in [0.29, 0.717) is 6.54 Å². The van der Waals surface area contributed by atoms with Gasteiger partial charge in [0, 0.05) is 50.9 Å². The standard InChI is InChI=1S/C17H24N4O4S/c1-12(2)21-17(23)14-4-3-13(11-15(14)26(21,24)25)16(22)19-7-10-20-8-5-18-6-9-20/h3-4,11-12,18H,5-10H2,1-2H3,(H,19,22). The highest BCUT2D eigenvalue weighted by molar-refractivity contribution is 7.90. The van der Waals surface area contributed by atoms with E-state index < -0.39 is 22.0 Å². The lowest BCUT2D eigenvalue weighted by molar-refractivity contribution is 0.0845. The van der Waals surface area contributed by atoms with Crippen LogP contribution in [0.5, 0.6) is 0 Å². The predicted molar refractivity (Wildman–Crippen MR) is 96.6 cm³/mol. The average Bonchev–Trinajstić information content (AvgIpc) is 2.81. The highest BCUT2D eigenvalue weighted by atomic mass is 32.2. The van der Waals surface area contributed by atoms with Crippen molar-refractivity contribution in [2.24, 2.45) is 0 Å². The van der Waals surface area contributed by atoms with Gasteiger partial charge in [-0.1, -0.05) is 0 Å². The van der Waals surface area contributed by atoms with Gasteiger partial charge in [0.05, 0.1) is 5.56 Å². The summed E-state index contributed by atoms with van der Waals surface area (Å²) in [5.74, 6) is -0.880. The summed E-state index contributed by atoms with van der Waals surface area (Å²) >= 11 is 0. The molecule has 2 heterocycles. The number of benzene rings is 1. The van der Waals surface area contributed by atoms with Crippen molar-refractivity contribution < 1.29 is 18.0 Å². The van der Waals surface area contributed by atoms with Gasteiger partial charge in [-0.15, -0.1) is 0 Å². The molecule has 1 aromatic carbocycles. The monoisotopic (exact) mass is 380 g/mol. The maximum atomic E-state index is 12.6. The number of amides is 2. The Morgan fingerprint density at radius 3 is 2.62 bits per heavy atom. The van der Waals surface area contributed by atoms with E-state index in [1.807, 2.05) is 0 Å². The van der Waals surface area contributed by atoms with Gasteiger partial charge in [0.25, 0.3) is 21.8 Å². The first-order valence-corrected chi connectivity index (χ1v) is 10.2. The predicted octanol–water partition coefficient (Wildman–Crippen LogP) is -0.125. The lowest BCUT2D eigenvalue weighted by Crippen LogP contribution is -2.46. The number of fused-ring (bicyclic) bond motifs is 1. The quantitative estimate of drug-likeness (QED) is 0.739. The Balaban J connectivity index is 1.70. The number of carbonyl (C=O) groups is 2. The Morgan fingerprint density at radius 1 is 1.27 bits per heavy atom. The zero-order valence-electron chi connectivity index (χ0n) is 15.0. The van der Waals surface area contributed by atoms with Crippen molar-refractivity contribution in [2.45, 2.75) is 24.8 Å². The fourth-order valence-electron chi connectivity index (χ4n) is 3.26. The molecule has 2 amide bonds. The van der Waals surface area contributed by atoms with Crippen molar-refractivity contribution in [1.29, 1.82) is 0 Å². The molecule has 0 aliphatic carbocycles. The van der Waals surface area contributed by atoms with Crippen molar-refractivity contribution in [3.8, 4) is 0 Å². The molecular formula is C17H24N4O4S. The van der Waals surface area contributed by atoms with Crippen LogP contribution < -0.4 is 10.6 Å². The van der Waals surface area contributed by atoms with Crippen LogP contribution in [0.15, 0.2) is 23.1 Å². The lowest BCUT2D eigenvalue weighted by atomic mass is 10.1. The summed E-state index contributed by atoms with van der Waals surface area (Å²) in [6.07, 6.45) is 0. The second-order valence-electron chi connectivity index (χ2n) is 6.76. The zero-order valence-corrected chi connectivity index (χ0v) is 15.8. The maximum Gasteiger partial charge on any atom is 0.269 e. The first-order valence-electron chi connectivity index (χ1n) is 8.76. The minimum Gasteiger partial charge on any atom is -0.351 e. The number of hydrogen-bond donors (Lipinski definition) is 2. The molecule has 142 valence electrons. The lowest BCUT2D eigenvalue weighted by Gasteiger charge is -2.27. The normalized spacial score (nSPS) is 19.7. The smallest absolute Gasteiger partial charge is 0.269 e. The molecule has 2 aliphatic heterocycles. The Hall–Kier alpha value is -1.97. The molecule has 2 N–H and O–H groups in total. The zero-order chi connectivity index (χ0) is 18.9. The van der Waals surface area contributed by atoms with Crippen molar-refractivity contribution in [1.82, 2.24) is 19.8 Å². The van der Waals surface area contributed by atoms with Crippen LogP contribution in [0.3, 0.4) is 0 Å². The molecule has 0 saturated carbocycles. The molecule has 1 aromatic rings. The number of piperazine rings is 1. The molecule has 26 heavy (non-hydrogen) atoms. The molecule has 3 rings (SSSR count). The van der Waals surface area contributed by atoms with Crippen LogP contribution >= 0.6 is 0 Å². The van der Waals surface area contributed by atoms with Gasteiger partial charge in [0.1, 0.15) is 4.90 Å². The van der Waals surface area contributed by atoms with E-state index in [4.69, 9.17) is 0 Å². The highest BCUT2D eigenvalue weighted by Gasteiger charge is 2.42. The summed E-state index contributed by atoms with van der Waals surface area (Å²) in [7, 11) is -3.90. The van der Waals surface area contributed by atoms with Gasteiger partial charge in [-0.05, 0) is 32.0 Å². The van der Waals surface area contributed by atoms with E-state index in [2.05, 4.69) is 15.5 Å². The van der Waals surface area contributed by atoms with E-state index in [0.717, 1.165) is 37.0 Å². The molecule has 9 heteroatoms. The molecule has 2 aliphatic rings. The van der Waals surface area contributed by atoms with Crippen LogP contribution in [0.1, 0.15) is 34.6 Å². The molecule has 0 unspecified atom stereocenters. The molecule has 8 nitrogen and oxygen atoms in total. The van der Waals surface area contributed by atoms with Crippen molar-refractivity contribution in [3.63, 3.8) is 0 Å². The summed E-state index contributed by atoms with van der Waals surface area (Å²) in [4.78, 5) is 26.8. The first kappa shape index (κ1) is 18.8. The van der Waals surface area contributed by atoms with Crippen molar-refractivity contribution >= 4 is 21.8 Å².